The third-order valence-electron chi connectivity index (χ3n) is 3.14. The molecule has 1 atom stereocenters. The first kappa shape index (κ1) is 15.6. The van der Waals surface area contributed by atoms with Crippen molar-refractivity contribution in [1.29, 1.82) is 0 Å². The lowest BCUT2D eigenvalue weighted by atomic mass is 10.2. The molecule has 1 saturated carbocycles. The van der Waals surface area contributed by atoms with Crippen LogP contribution < -0.4 is 10.9 Å². The van der Waals surface area contributed by atoms with E-state index in [2.05, 4.69) is 5.32 Å². The highest BCUT2D eigenvalue weighted by molar-refractivity contribution is 5.93. The zero-order valence-corrected chi connectivity index (χ0v) is 11.3. The van der Waals surface area contributed by atoms with Crippen molar-refractivity contribution in [3.63, 3.8) is 0 Å². The fraction of sp³-hybridized carbons (Fsp3) is 0.538. The molecule has 8 heteroatoms. The van der Waals surface area contributed by atoms with E-state index in [9.17, 15) is 22.8 Å². The Labute approximate surface area is 118 Å². The Morgan fingerprint density at radius 1 is 1.52 bits per heavy atom. The van der Waals surface area contributed by atoms with Gasteiger partial charge in [-0.2, -0.15) is 13.2 Å². The SMILES string of the molecule is CC(OCC1CC1)C(=O)Nc1cc(C(F)(F)F)c[nH]c1=O. The number of pyridine rings is 1. The smallest absolute Gasteiger partial charge is 0.368 e. The molecule has 21 heavy (non-hydrogen) atoms. The molecule has 5 nitrogen and oxygen atoms in total. The number of rotatable bonds is 5. The summed E-state index contributed by atoms with van der Waals surface area (Å²) in [6.07, 6.45) is -2.76. The first-order chi connectivity index (χ1) is 9.77. The van der Waals surface area contributed by atoms with E-state index in [1.54, 1.807) is 0 Å². The molecule has 0 aliphatic heterocycles. The van der Waals surface area contributed by atoms with Crippen LogP contribution in [0.3, 0.4) is 0 Å². The Hall–Kier alpha value is -1.83. The number of hydrogen-bond donors (Lipinski definition) is 2. The second kappa shape index (κ2) is 5.88. The summed E-state index contributed by atoms with van der Waals surface area (Å²) in [5.74, 6) is -0.197. The third-order valence-corrected chi connectivity index (χ3v) is 3.14. The maximum atomic E-state index is 12.6. The zero-order chi connectivity index (χ0) is 15.6. The summed E-state index contributed by atoms with van der Waals surface area (Å²) >= 11 is 0. The molecule has 1 fully saturated rings. The fourth-order valence-corrected chi connectivity index (χ4v) is 1.62. The van der Waals surface area contributed by atoms with Crippen molar-refractivity contribution in [2.75, 3.05) is 11.9 Å². The van der Waals surface area contributed by atoms with E-state index in [0.29, 0.717) is 24.8 Å². The van der Waals surface area contributed by atoms with Crippen LogP contribution in [0.4, 0.5) is 18.9 Å². The minimum Gasteiger partial charge on any atom is -0.368 e. The van der Waals surface area contributed by atoms with Crippen LogP contribution in [0.15, 0.2) is 17.1 Å². The van der Waals surface area contributed by atoms with Crippen LogP contribution in [0, 0.1) is 5.92 Å². The molecule has 1 aliphatic carbocycles. The third kappa shape index (κ3) is 4.32. The molecule has 1 heterocycles. The van der Waals surface area contributed by atoms with Gasteiger partial charge in [0, 0.05) is 6.20 Å². The first-order valence-corrected chi connectivity index (χ1v) is 6.50. The molecular weight excluding hydrogens is 289 g/mol. The summed E-state index contributed by atoms with van der Waals surface area (Å²) < 4.78 is 42.9. The summed E-state index contributed by atoms with van der Waals surface area (Å²) in [5.41, 5.74) is -2.29. The average Bonchev–Trinajstić information content (AvgIpc) is 3.21. The minimum atomic E-state index is -4.60. The highest BCUT2D eigenvalue weighted by Gasteiger charge is 2.32. The van der Waals surface area contributed by atoms with E-state index in [-0.39, 0.29) is 0 Å². The summed E-state index contributed by atoms with van der Waals surface area (Å²) in [6.45, 7) is 1.92. The molecule has 1 aromatic rings. The van der Waals surface area contributed by atoms with E-state index in [1.807, 2.05) is 4.98 Å². The number of aromatic amines is 1. The number of amides is 1. The van der Waals surface area contributed by atoms with Crippen LogP contribution in [0.2, 0.25) is 0 Å². The van der Waals surface area contributed by atoms with E-state index in [1.165, 1.54) is 6.92 Å². The van der Waals surface area contributed by atoms with Gasteiger partial charge < -0.3 is 15.0 Å². The molecule has 1 aromatic heterocycles. The number of H-pyrrole nitrogens is 1. The average molecular weight is 304 g/mol. The number of carbonyl (C=O) groups is 1. The molecule has 0 bridgehead atoms. The Kier molecular flexibility index (Phi) is 4.36. The van der Waals surface area contributed by atoms with Gasteiger partial charge in [-0.05, 0) is 31.7 Å². The lowest BCUT2D eigenvalue weighted by Gasteiger charge is -2.13. The van der Waals surface area contributed by atoms with Gasteiger partial charge in [-0.1, -0.05) is 0 Å². The Bertz CT molecular complexity index is 579. The number of carbonyl (C=O) groups excluding carboxylic acids is 1. The summed E-state index contributed by atoms with van der Waals surface area (Å²) in [5, 5.41) is 2.16. The number of hydrogen-bond acceptors (Lipinski definition) is 3. The molecule has 2 N–H and O–H groups in total. The molecule has 0 aromatic carbocycles. The molecule has 0 radical (unpaired) electrons. The number of halogens is 3. The summed E-state index contributed by atoms with van der Waals surface area (Å²) in [7, 11) is 0. The van der Waals surface area contributed by atoms with Crippen molar-refractivity contribution in [1.82, 2.24) is 4.98 Å². The Morgan fingerprint density at radius 3 is 2.76 bits per heavy atom. The fourth-order valence-electron chi connectivity index (χ4n) is 1.62. The quantitative estimate of drug-likeness (QED) is 0.875. The van der Waals surface area contributed by atoms with Gasteiger partial charge in [-0.3, -0.25) is 9.59 Å². The van der Waals surface area contributed by atoms with E-state index in [0.717, 1.165) is 12.8 Å². The monoisotopic (exact) mass is 304 g/mol. The molecule has 1 amide bonds. The molecule has 0 saturated heterocycles. The van der Waals surface area contributed by atoms with Crippen LogP contribution in [0.5, 0.6) is 0 Å². The predicted octanol–water partition coefficient (Wildman–Crippen LogP) is 2.15. The van der Waals surface area contributed by atoms with Crippen LogP contribution in [-0.2, 0) is 15.7 Å². The molecule has 2 rings (SSSR count). The second-order valence-corrected chi connectivity index (χ2v) is 5.04. The van der Waals surface area contributed by atoms with Crippen LogP contribution in [0.1, 0.15) is 25.3 Å². The van der Waals surface area contributed by atoms with Crippen LogP contribution in [0.25, 0.3) is 0 Å². The van der Waals surface area contributed by atoms with Crippen molar-refractivity contribution in [3.8, 4) is 0 Å². The molecular formula is C13H15F3N2O3. The van der Waals surface area contributed by atoms with E-state index >= 15 is 0 Å². The predicted molar refractivity (Wildman–Crippen MR) is 68.8 cm³/mol. The Balaban J connectivity index is 2.03. The molecule has 1 aliphatic rings. The van der Waals surface area contributed by atoms with Gasteiger partial charge in [-0.15, -0.1) is 0 Å². The van der Waals surface area contributed by atoms with Gasteiger partial charge in [0.15, 0.2) is 0 Å². The second-order valence-electron chi connectivity index (χ2n) is 5.04. The summed E-state index contributed by atoms with van der Waals surface area (Å²) in [4.78, 5) is 25.2. The van der Waals surface area contributed by atoms with Crippen molar-refractivity contribution in [2.45, 2.75) is 32.0 Å². The topological polar surface area (TPSA) is 71.2 Å². The van der Waals surface area contributed by atoms with E-state index < -0.39 is 35.0 Å². The number of alkyl halides is 3. The maximum absolute atomic E-state index is 12.6. The highest BCUT2D eigenvalue weighted by atomic mass is 19.4. The minimum absolute atomic E-state index is 0.438. The summed E-state index contributed by atoms with van der Waals surface area (Å²) in [6, 6.07) is 0.602. The van der Waals surface area contributed by atoms with Gasteiger partial charge >= 0.3 is 6.18 Å². The number of anilines is 1. The maximum Gasteiger partial charge on any atom is 0.417 e. The number of ether oxygens (including phenoxy) is 1. The lowest BCUT2D eigenvalue weighted by molar-refractivity contribution is -0.137. The number of aromatic nitrogens is 1. The Morgan fingerprint density at radius 2 is 2.19 bits per heavy atom. The first-order valence-electron chi connectivity index (χ1n) is 6.50. The molecule has 0 spiro atoms. The van der Waals surface area contributed by atoms with Crippen molar-refractivity contribution >= 4 is 11.6 Å². The van der Waals surface area contributed by atoms with Crippen LogP contribution in [-0.4, -0.2) is 23.6 Å². The molecule has 116 valence electrons. The van der Waals surface area contributed by atoms with Crippen molar-refractivity contribution < 1.29 is 22.7 Å². The zero-order valence-electron chi connectivity index (χ0n) is 11.3. The highest BCUT2D eigenvalue weighted by Crippen LogP contribution is 2.30. The van der Waals surface area contributed by atoms with Gasteiger partial charge in [0.1, 0.15) is 11.8 Å². The van der Waals surface area contributed by atoms with E-state index in [4.69, 9.17) is 4.74 Å². The van der Waals surface area contributed by atoms with Gasteiger partial charge in [0.2, 0.25) is 0 Å². The number of nitrogens with one attached hydrogen (secondary N) is 2. The van der Waals surface area contributed by atoms with Crippen LogP contribution >= 0.6 is 0 Å². The molecule has 1 unspecified atom stereocenters. The van der Waals surface area contributed by atoms with Gasteiger partial charge in [0.25, 0.3) is 11.5 Å². The normalized spacial score (nSPS) is 16.6. The standard InChI is InChI=1S/C13H15F3N2O3/c1-7(21-6-8-2-3-8)11(19)18-10-4-9(13(14,15)16)5-17-12(10)20/h4-5,7-8H,2-3,6H2,1H3,(H,17,20)(H,18,19). The lowest BCUT2D eigenvalue weighted by Crippen LogP contribution is -2.31. The van der Waals surface area contributed by atoms with Gasteiger partial charge in [-0.25, -0.2) is 0 Å². The largest absolute Gasteiger partial charge is 0.417 e. The van der Waals surface area contributed by atoms with Gasteiger partial charge in [0.05, 0.1) is 12.2 Å². The van der Waals surface area contributed by atoms with Crippen molar-refractivity contribution in [3.05, 3.63) is 28.2 Å². The van der Waals surface area contributed by atoms with Crippen molar-refractivity contribution in [2.24, 2.45) is 5.92 Å².